The second-order valence-electron chi connectivity index (χ2n) is 14.2. The predicted octanol–water partition coefficient (Wildman–Crippen LogP) is 9.40. The first-order valence-corrected chi connectivity index (χ1v) is 21.6. The van der Waals surface area contributed by atoms with Crippen molar-refractivity contribution in [2.45, 2.75) is 84.2 Å². The molecule has 2 heterocycles. The normalized spacial score (nSPS) is 16.1. The van der Waals surface area contributed by atoms with Crippen LogP contribution in [0.2, 0.25) is 41.3 Å². The Morgan fingerprint density at radius 1 is 0.884 bits per heavy atom. The minimum Gasteiger partial charge on any atom is -0.541 e. The quantitative estimate of drug-likeness (QED) is 0.110. The lowest BCUT2D eigenvalue weighted by Gasteiger charge is -2.40. The van der Waals surface area contributed by atoms with Crippen LogP contribution in [0.1, 0.15) is 67.1 Å². The molecule has 1 unspecified atom stereocenters. The summed E-state index contributed by atoms with van der Waals surface area (Å²) in [5.41, 5.74) is 1.38. The average Bonchev–Trinajstić information content (AvgIpc) is 3.42. The minimum absolute atomic E-state index is 0.0505. The van der Waals surface area contributed by atoms with Crippen LogP contribution in [0.3, 0.4) is 0 Å². The number of carbonyl (C=O) groups excluding carboxylic acids is 3. The maximum atomic E-state index is 14.3. The number of fused-ring (bicyclic) bond motifs is 1. The lowest BCUT2D eigenvalue weighted by molar-refractivity contribution is -0.120. The van der Waals surface area contributed by atoms with Gasteiger partial charge in [0.05, 0.1) is 10.6 Å². The van der Waals surface area contributed by atoms with Crippen molar-refractivity contribution in [3.8, 4) is 11.5 Å². The predicted molar refractivity (Wildman–Crippen MR) is 181 cm³/mol. The van der Waals surface area contributed by atoms with E-state index in [0.29, 0.717) is 32.6 Å². The molecule has 1 aliphatic rings. The average molecular weight is 656 g/mol. The van der Waals surface area contributed by atoms with Crippen LogP contribution in [0.15, 0.2) is 53.9 Å². The molecule has 0 fully saturated rings. The van der Waals surface area contributed by atoms with E-state index in [2.05, 4.69) is 67.7 Å². The summed E-state index contributed by atoms with van der Waals surface area (Å²) < 4.78 is 13.5. The van der Waals surface area contributed by atoms with Gasteiger partial charge in [-0.3, -0.25) is 14.4 Å². The van der Waals surface area contributed by atoms with Crippen molar-refractivity contribution in [3.63, 3.8) is 0 Å². The fraction of sp³-hybridized carbons (Fsp3) is 0.424. The fourth-order valence-corrected chi connectivity index (χ4v) is 7.27. The Morgan fingerprint density at radius 3 is 2.05 bits per heavy atom. The van der Waals surface area contributed by atoms with Crippen LogP contribution < -0.4 is 13.8 Å². The molecule has 0 aliphatic carbocycles. The molecule has 1 aliphatic heterocycles. The van der Waals surface area contributed by atoms with Gasteiger partial charge in [-0.15, -0.1) is 11.3 Å². The highest BCUT2D eigenvalue weighted by Crippen LogP contribution is 2.44. The van der Waals surface area contributed by atoms with Crippen molar-refractivity contribution in [1.29, 1.82) is 0 Å². The molecule has 0 spiro atoms. The summed E-state index contributed by atoms with van der Waals surface area (Å²) in [5.74, 6) is -1.32. The number of benzene rings is 2. The first-order chi connectivity index (χ1) is 19.7. The number of hydrogen-bond donors (Lipinski definition) is 0. The summed E-state index contributed by atoms with van der Waals surface area (Å²) in [7, 11) is -4.59. The van der Waals surface area contributed by atoms with Crippen molar-refractivity contribution in [3.05, 3.63) is 74.9 Å². The number of amides is 2. The molecule has 10 heteroatoms. The summed E-state index contributed by atoms with van der Waals surface area (Å²) in [6, 6.07) is 13.7. The van der Waals surface area contributed by atoms with Crippen molar-refractivity contribution in [1.82, 2.24) is 0 Å². The molecule has 43 heavy (non-hydrogen) atoms. The molecule has 2 amide bonds. The van der Waals surface area contributed by atoms with Crippen LogP contribution in [-0.4, -0.2) is 34.2 Å². The smallest absolute Gasteiger partial charge is 0.265 e. The van der Waals surface area contributed by atoms with Gasteiger partial charge in [0.2, 0.25) is 5.91 Å². The van der Waals surface area contributed by atoms with Gasteiger partial charge in [0.1, 0.15) is 17.4 Å². The van der Waals surface area contributed by atoms with E-state index in [1.807, 2.05) is 0 Å². The summed E-state index contributed by atoms with van der Waals surface area (Å²) in [6.07, 6.45) is 0.175. The van der Waals surface area contributed by atoms with Gasteiger partial charge in [0, 0.05) is 10.6 Å². The lowest BCUT2D eigenvalue weighted by Crippen LogP contribution is -2.48. The molecule has 2 aromatic carbocycles. The van der Waals surface area contributed by atoms with Crippen LogP contribution in [-0.2, 0) is 11.2 Å². The van der Waals surface area contributed by atoms with Gasteiger partial charge in [-0.1, -0.05) is 59.2 Å². The molecule has 0 bridgehead atoms. The summed E-state index contributed by atoms with van der Waals surface area (Å²) in [4.78, 5) is 43.3. The highest BCUT2D eigenvalue weighted by molar-refractivity contribution is 7.12. The third kappa shape index (κ3) is 6.70. The van der Waals surface area contributed by atoms with Gasteiger partial charge in [-0.25, -0.2) is 4.90 Å². The standard InChI is InChI=1S/C33H42ClNO5SSi2/c1-32(2,3)42(7,8)39-26-16-13-21(20-27(26)40-43(9,10)33(4,5)6)30(37)35-25-15-14-23(34)18-22(25)19-24(31(35)38)29(36)28-12-11-17-41-28/h11-18,20,24H,19H2,1-10H3. The molecule has 0 N–H and O–H groups in total. The second-order valence-corrected chi connectivity index (χ2v) is 25.1. The molecule has 3 aromatic rings. The molecule has 0 radical (unpaired) electrons. The monoisotopic (exact) mass is 655 g/mol. The van der Waals surface area contributed by atoms with Gasteiger partial charge < -0.3 is 8.85 Å². The van der Waals surface area contributed by atoms with Gasteiger partial charge >= 0.3 is 0 Å². The Labute approximate surface area is 266 Å². The number of thiophene rings is 1. The third-order valence-electron chi connectivity index (χ3n) is 9.04. The molecule has 230 valence electrons. The van der Waals surface area contributed by atoms with Crippen LogP contribution >= 0.6 is 22.9 Å². The van der Waals surface area contributed by atoms with E-state index in [4.69, 9.17) is 20.5 Å². The number of anilines is 1. The Morgan fingerprint density at radius 2 is 1.49 bits per heavy atom. The maximum absolute atomic E-state index is 14.3. The highest BCUT2D eigenvalue weighted by atomic mass is 35.5. The third-order valence-corrected chi connectivity index (χ3v) is 18.8. The SMILES string of the molecule is CC(C)(C)[Si](C)(C)Oc1ccc(C(=O)N2C(=O)C(C(=O)c3cccs3)Cc3cc(Cl)ccc32)cc1O[Si](C)(C)C(C)(C)C. The fourth-order valence-electron chi connectivity index (χ4n) is 4.31. The summed E-state index contributed by atoms with van der Waals surface area (Å²) >= 11 is 7.59. The molecule has 0 saturated heterocycles. The Bertz CT molecular complexity index is 1550. The topological polar surface area (TPSA) is 72.9 Å². The van der Waals surface area contributed by atoms with E-state index in [0.717, 1.165) is 4.90 Å². The number of Topliss-reactive ketones (excluding diaryl/α,β-unsaturated/α-hetero) is 1. The number of halogens is 1. The van der Waals surface area contributed by atoms with Crippen LogP contribution in [0.4, 0.5) is 5.69 Å². The van der Waals surface area contributed by atoms with Gasteiger partial charge in [0.25, 0.3) is 22.5 Å². The van der Waals surface area contributed by atoms with Crippen molar-refractivity contribution in [2.75, 3.05) is 4.90 Å². The highest BCUT2D eigenvalue weighted by Gasteiger charge is 2.44. The van der Waals surface area contributed by atoms with Crippen LogP contribution in [0.5, 0.6) is 11.5 Å². The van der Waals surface area contributed by atoms with E-state index in [1.165, 1.54) is 11.3 Å². The molecule has 4 rings (SSSR count). The number of ketones is 1. The Kier molecular flexibility index (Phi) is 8.99. The van der Waals surface area contributed by atoms with E-state index in [1.54, 1.807) is 53.9 Å². The van der Waals surface area contributed by atoms with E-state index >= 15 is 0 Å². The molecule has 0 saturated carbocycles. The molecular weight excluding hydrogens is 614 g/mol. The first kappa shape index (κ1) is 33.2. The first-order valence-electron chi connectivity index (χ1n) is 14.5. The largest absolute Gasteiger partial charge is 0.541 e. The van der Waals surface area contributed by atoms with Gasteiger partial charge in [-0.05, 0) is 96.1 Å². The second kappa shape index (κ2) is 11.6. The lowest BCUT2D eigenvalue weighted by atomic mass is 9.87. The maximum Gasteiger partial charge on any atom is 0.265 e. The molecular formula is C33H42ClNO5SSi2. The summed E-state index contributed by atoms with van der Waals surface area (Å²) in [6.45, 7) is 21.6. The van der Waals surface area contributed by atoms with Crippen LogP contribution in [0.25, 0.3) is 0 Å². The molecule has 1 aromatic heterocycles. The zero-order valence-corrected chi connectivity index (χ0v) is 30.3. The van der Waals surface area contributed by atoms with E-state index in [9.17, 15) is 14.4 Å². The van der Waals surface area contributed by atoms with Gasteiger partial charge in [0.15, 0.2) is 5.78 Å². The Hall–Kier alpha value is -2.73. The van der Waals surface area contributed by atoms with Crippen molar-refractivity contribution >= 4 is 62.9 Å². The number of carbonyl (C=O) groups is 3. The zero-order chi connectivity index (χ0) is 32.1. The molecule has 1 atom stereocenters. The molecule has 6 nitrogen and oxygen atoms in total. The minimum atomic E-state index is -2.34. The van der Waals surface area contributed by atoms with Crippen LogP contribution in [0, 0.1) is 5.92 Å². The van der Waals surface area contributed by atoms with E-state index in [-0.39, 0.29) is 27.8 Å². The number of imide groups is 1. The van der Waals surface area contributed by atoms with E-state index < -0.39 is 34.4 Å². The number of hydrogen-bond acceptors (Lipinski definition) is 6. The number of rotatable bonds is 7. The number of nitrogens with zero attached hydrogens (tertiary/aromatic N) is 1. The summed E-state index contributed by atoms with van der Waals surface area (Å²) in [5, 5.41) is 2.12. The van der Waals surface area contributed by atoms with Crippen molar-refractivity contribution < 1.29 is 23.2 Å². The van der Waals surface area contributed by atoms with Crippen molar-refractivity contribution in [2.24, 2.45) is 5.92 Å². The van der Waals surface area contributed by atoms with Gasteiger partial charge in [-0.2, -0.15) is 0 Å². The zero-order valence-electron chi connectivity index (χ0n) is 26.8. The Balaban J connectivity index is 1.81.